The van der Waals surface area contributed by atoms with Gasteiger partial charge in [0.2, 0.25) is 0 Å². The molecule has 1 aliphatic rings. The number of hydrogen-bond donors (Lipinski definition) is 1. The largest absolute Gasteiger partial charge is 0.491 e. The molecule has 1 fully saturated rings. The second kappa shape index (κ2) is 6.12. The van der Waals surface area contributed by atoms with Crippen molar-refractivity contribution >= 4 is 5.82 Å². The van der Waals surface area contributed by atoms with Crippen LogP contribution in [0.25, 0.3) is 11.3 Å². The van der Waals surface area contributed by atoms with Gasteiger partial charge in [-0.3, -0.25) is 0 Å². The van der Waals surface area contributed by atoms with Crippen LogP contribution in [0.4, 0.5) is 5.82 Å². The lowest BCUT2D eigenvalue weighted by molar-refractivity contribution is 0.412. The van der Waals surface area contributed by atoms with Gasteiger partial charge in [0.25, 0.3) is 0 Å². The molecule has 0 radical (unpaired) electrons. The van der Waals surface area contributed by atoms with Crippen molar-refractivity contribution in [3.63, 3.8) is 0 Å². The van der Waals surface area contributed by atoms with Crippen LogP contribution in [0, 0.1) is 0 Å². The summed E-state index contributed by atoms with van der Waals surface area (Å²) in [5.41, 5.74) is 3.43. The zero-order valence-corrected chi connectivity index (χ0v) is 12.6. The van der Waals surface area contributed by atoms with E-state index < -0.39 is 0 Å². The molecule has 2 aromatic rings. The summed E-state index contributed by atoms with van der Waals surface area (Å²) in [4.78, 5) is 8.77. The molecular weight excluding hydrogens is 262 g/mol. The molecule has 3 rings (SSSR count). The molecule has 4 heteroatoms. The molecule has 0 bridgehead atoms. The van der Waals surface area contributed by atoms with E-state index in [9.17, 15) is 0 Å². The first-order valence-electron chi connectivity index (χ1n) is 7.57. The molecule has 4 nitrogen and oxygen atoms in total. The Morgan fingerprint density at radius 1 is 1.24 bits per heavy atom. The zero-order valence-electron chi connectivity index (χ0n) is 12.6. The maximum atomic E-state index is 5.58. The summed E-state index contributed by atoms with van der Waals surface area (Å²) in [6.45, 7) is 2.85. The number of benzene rings is 1. The summed E-state index contributed by atoms with van der Waals surface area (Å²) < 4.78 is 5.58. The molecular formula is C17H21N3O. The van der Waals surface area contributed by atoms with E-state index in [-0.39, 0.29) is 0 Å². The Kier molecular flexibility index (Phi) is 4.04. The average molecular weight is 283 g/mol. The number of anilines is 1. The number of methoxy groups -OCH3 is 1. The van der Waals surface area contributed by atoms with Gasteiger partial charge >= 0.3 is 0 Å². The topological polar surface area (TPSA) is 47.0 Å². The smallest absolute Gasteiger partial charge is 0.187 e. The van der Waals surface area contributed by atoms with Gasteiger partial charge in [-0.25, -0.2) is 9.97 Å². The normalized spacial score (nSPS) is 14.6. The van der Waals surface area contributed by atoms with E-state index in [0.29, 0.717) is 5.92 Å². The Labute approximate surface area is 125 Å². The lowest BCUT2D eigenvalue weighted by atomic mass is 9.77. The number of ether oxygens (including phenoxy) is 1. The van der Waals surface area contributed by atoms with Crippen molar-refractivity contribution in [2.24, 2.45) is 0 Å². The van der Waals surface area contributed by atoms with Crippen LogP contribution >= 0.6 is 0 Å². The third-order valence-corrected chi connectivity index (χ3v) is 4.11. The molecule has 0 saturated heterocycles. The molecule has 1 N–H and O–H groups in total. The zero-order chi connectivity index (χ0) is 14.7. The fourth-order valence-corrected chi connectivity index (χ4v) is 2.84. The van der Waals surface area contributed by atoms with Crippen molar-refractivity contribution < 1.29 is 4.74 Å². The minimum atomic E-state index is 0.656. The van der Waals surface area contributed by atoms with E-state index in [2.05, 4.69) is 39.6 Å². The maximum Gasteiger partial charge on any atom is 0.187 e. The molecule has 0 atom stereocenters. The second-order valence-electron chi connectivity index (χ2n) is 5.35. The summed E-state index contributed by atoms with van der Waals surface area (Å²) in [5, 5.41) is 3.24. The quantitative estimate of drug-likeness (QED) is 0.905. The van der Waals surface area contributed by atoms with E-state index in [1.807, 2.05) is 6.92 Å². The van der Waals surface area contributed by atoms with Crippen LogP contribution in [0.1, 0.15) is 37.7 Å². The predicted octanol–water partition coefficient (Wildman–Crippen LogP) is 3.85. The molecule has 0 aliphatic heterocycles. The van der Waals surface area contributed by atoms with Gasteiger partial charge < -0.3 is 10.1 Å². The van der Waals surface area contributed by atoms with Crippen molar-refractivity contribution in [2.45, 2.75) is 32.1 Å². The Morgan fingerprint density at radius 3 is 2.71 bits per heavy atom. The number of aromatic nitrogens is 2. The highest BCUT2D eigenvalue weighted by atomic mass is 16.5. The molecule has 1 saturated carbocycles. The monoisotopic (exact) mass is 283 g/mol. The van der Waals surface area contributed by atoms with Gasteiger partial charge in [0, 0.05) is 12.1 Å². The molecule has 21 heavy (non-hydrogen) atoms. The molecule has 1 aromatic heterocycles. The minimum Gasteiger partial charge on any atom is -0.491 e. The maximum absolute atomic E-state index is 5.58. The van der Waals surface area contributed by atoms with Crippen LogP contribution in [0.2, 0.25) is 0 Å². The third kappa shape index (κ3) is 2.58. The Balaban J connectivity index is 2.10. The number of rotatable bonds is 5. The molecule has 0 spiro atoms. The summed E-state index contributed by atoms with van der Waals surface area (Å²) in [6.07, 6.45) is 5.46. The van der Waals surface area contributed by atoms with Gasteiger partial charge in [-0.1, -0.05) is 30.7 Å². The van der Waals surface area contributed by atoms with Crippen molar-refractivity contribution in [3.8, 4) is 17.0 Å². The fraction of sp³-hybridized carbons (Fsp3) is 0.412. The molecule has 110 valence electrons. The standard InChI is InChI=1S/C17H21N3O/c1-3-18-17-16(21-2)15(19-11-20-17)14-10-5-4-9-13(14)12-7-6-8-12/h4-5,9-12H,3,6-8H2,1-2H3,(H,18,19,20). The van der Waals surface area contributed by atoms with E-state index in [4.69, 9.17) is 4.74 Å². The lowest BCUT2D eigenvalue weighted by Gasteiger charge is -2.28. The highest BCUT2D eigenvalue weighted by Crippen LogP contribution is 2.43. The average Bonchev–Trinajstić information content (AvgIpc) is 2.46. The lowest BCUT2D eigenvalue weighted by Crippen LogP contribution is -2.11. The number of nitrogens with zero attached hydrogens (tertiary/aromatic N) is 2. The SMILES string of the molecule is CCNc1ncnc(-c2ccccc2C2CCC2)c1OC. The molecule has 1 aromatic carbocycles. The first-order valence-corrected chi connectivity index (χ1v) is 7.57. The van der Waals surface area contributed by atoms with E-state index in [0.717, 1.165) is 23.8 Å². The molecule has 0 unspecified atom stereocenters. The van der Waals surface area contributed by atoms with Gasteiger partial charge in [0.1, 0.15) is 12.0 Å². The van der Waals surface area contributed by atoms with Crippen LogP contribution < -0.4 is 10.1 Å². The third-order valence-electron chi connectivity index (χ3n) is 4.11. The Hall–Kier alpha value is -2.10. The van der Waals surface area contributed by atoms with Crippen LogP contribution in [-0.4, -0.2) is 23.6 Å². The van der Waals surface area contributed by atoms with Crippen LogP contribution in [0.15, 0.2) is 30.6 Å². The van der Waals surface area contributed by atoms with E-state index in [1.54, 1.807) is 13.4 Å². The van der Waals surface area contributed by atoms with Gasteiger partial charge in [-0.05, 0) is 31.2 Å². The number of hydrogen-bond acceptors (Lipinski definition) is 4. The van der Waals surface area contributed by atoms with E-state index >= 15 is 0 Å². The van der Waals surface area contributed by atoms with Gasteiger partial charge in [-0.15, -0.1) is 0 Å². The highest BCUT2D eigenvalue weighted by Gasteiger charge is 2.24. The van der Waals surface area contributed by atoms with Crippen molar-refractivity contribution in [1.82, 2.24) is 9.97 Å². The van der Waals surface area contributed by atoms with Crippen molar-refractivity contribution in [3.05, 3.63) is 36.2 Å². The Bertz CT molecular complexity index is 623. The summed E-state index contributed by atoms with van der Waals surface area (Å²) >= 11 is 0. The Morgan fingerprint density at radius 2 is 2.05 bits per heavy atom. The van der Waals surface area contributed by atoms with Crippen molar-refractivity contribution in [2.75, 3.05) is 19.0 Å². The van der Waals surface area contributed by atoms with Crippen LogP contribution in [0.3, 0.4) is 0 Å². The number of nitrogens with one attached hydrogen (secondary N) is 1. The molecule has 0 amide bonds. The fourth-order valence-electron chi connectivity index (χ4n) is 2.84. The molecule has 1 heterocycles. The summed E-state index contributed by atoms with van der Waals surface area (Å²) in [7, 11) is 1.68. The molecule has 1 aliphatic carbocycles. The van der Waals surface area contributed by atoms with Crippen LogP contribution in [-0.2, 0) is 0 Å². The van der Waals surface area contributed by atoms with E-state index in [1.165, 1.54) is 30.4 Å². The van der Waals surface area contributed by atoms with Crippen molar-refractivity contribution in [1.29, 1.82) is 0 Å². The summed E-state index contributed by atoms with van der Waals surface area (Å²) in [6, 6.07) is 8.52. The predicted molar refractivity (Wildman–Crippen MR) is 84.8 cm³/mol. The first-order chi connectivity index (χ1) is 10.3. The minimum absolute atomic E-state index is 0.656. The first kappa shape index (κ1) is 13.9. The summed E-state index contributed by atoms with van der Waals surface area (Å²) in [5.74, 6) is 2.14. The highest BCUT2D eigenvalue weighted by molar-refractivity contribution is 5.75. The second-order valence-corrected chi connectivity index (χ2v) is 5.35. The van der Waals surface area contributed by atoms with Gasteiger partial charge in [-0.2, -0.15) is 0 Å². The van der Waals surface area contributed by atoms with Gasteiger partial charge in [0.15, 0.2) is 11.6 Å². The van der Waals surface area contributed by atoms with Crippen LogP contribution in [0.5, 0.6) is 5.75 Å². The van der Waals surface area contributed by atoms with Gasteiger partial charge in [0.05, 0.1) is 7.11 Å².